The molecule has 1 atom stereocenters. The number of nitrogens with zero attached hydrogens (tertiary/aromatic N) is 1. The number of nitro groups is 1. The van der Waals surface area contributed by atoms with Crippen LogP contribution in [0, 0.1) is 10.1 Å². The summed E-state index contributed by atoms with van der Waals surface area (Å²) in [6, 6.07) is 4.24. The number of nitro benzene ring substituents is 1. The molecule has 0 aliphatic rings. The van der Waals surface area contributed by atoms with E-state index in [1.807, 2.05) is 0 Å². The minimum Gasteiger partial charge on any atom is -0.496 e. The van der Waals surface area contributed by atoms with Crippen molar-refractivity contribution in [2.75, 3.05) is 20.8 Å². The molecule has 8 nitrogen and oxygen atoms in total. The van der Waals surface area contributed by atoms with Crippen molar-refractivity contribution in [3.63, 3.8) is 0 Å². The maximum absolute atomic E-state index is 11.4. The van der Waals surface area contributed by atoms with Gasteiger partial charge in [0.15, 0.2) is 5.75 Å². The molecule has 1 rings (SSSR count). The molecule has 0 radical (unpaired) electrons. The molecule has 0 heterocycles. The fraction of sp³-hybridized carbons (Fsp3) is 0.462. The summed E-state index contributed by atoms with van der Waals surface area (Å²) in [5.41, 5.74) is 4.34. The highest BCUT2D eigenvalue weighted by molar-refractivity contribution is 5.79. The number of ether oxygens (including phenoxy) is 3. The van der Waals surface area contributed by atoms with E-state index in [0.29, 0.717) is 5.75 Å². The first-order chi connectivity index (χ1) is 9.81. The highest BCUT2D eigenvalue weighted by atomic mass is 16.6. The number of carbonyl (C=O) groups is 1. The number of benzene rings is 1. The maximum Gasteiger partial charge on any atom is 0.325 e. The average Bonchev–Trinajstić information content (AvgIpc) is 2.46. The molecule has 2 N–H and O–H groups in total. The first-order valence-electron chi connectivity index (χ1n) is 6.14. The minimum atomic E-state index is -1.21. The van der Waals surface area contributed by atoms with Crippen LogP contribution in [-0.2, 0) is 9.53 Å². The third kappa shape index (κ3) is 4.32. The molecule has 0 aliphatic carbocycles. The topological polar surface area (TPSA) is 114 Å². The summed E-state index contributed by atoms with van der Waals surface area (Å²) in [5, 5.41) is 11.0. The van der Waals surface area contributed by atoms with Crippen LogP contribution in [0.5, 0.6) is 11.5 Å². The molecule has 0 amide bonds. The molecule has 1 unspecified atom stereocenters. The molecule has 8 heteroatoms. The highest BCUT2D eigenvalue weighted by Crippen LogP contribution is 2.31. The smallest absolute Gasteiger partial charge is 0.325 e. The maximum atomic E-state index is 11.4. The lowest BCUT2D eigenvalue weighted by Crippen LogP contribution is -2.46. The Labute approximate surface area is 121 Å². The van der Waals surface area contributed by atoms with Crippen LogP contribution in [0.15, 0.2) is 18.2 Å². The van der Waals surface area contributed by atoms with Gasteiger partial charge in [-0.25, -0.2) is 0 Å². The van der Waals surface area contributed by atoms with Crippen LogP contribution < -0.4 is 15.2 Å². The van der Waals surface area contributed by atoms with Crippen molar-refractivity contribution < 1.29 is 23.9 Å². The lowest BCUT2D eigenvalue weighted by Gasteiger charge is -2.21. The van der Waals surface area contributed by atoms with Gasteiger partial charge in [0.2, 0.25) is 0 Å². The summed E-state index contributed by atoms with van der Waals surface area (Å²) in [4.78, 5) is 21.8. The molecule has 116 valence electrons. The van der Waals surface area contributed by atoms with Crippen molar-refractivity contribution in [3.05, 3.63) is 28.3 Å². The number of nitrogens with two attached hydrogens (primary N) is 1. The van der Waals surface area contributed by atoms with Gasteiger partial charge < -0.3 is 19.9 Å². The Morgan fingerprint density at radius 1 is 1.43 bits per heavy atom. The van der Waals surface area contributed by atoms with Crippen LogP contribution in [0.1, 0.15) is 13.3 Å². The number of rotatable bonds is 7. The van der Waals surface area contributed by atoms with Gasteiger partial charge in [0.25, 0.3) is 0 Å². The second-order valence-electron chi connectivity index (χ2n) is 4.60. The molecule has 1 aromatic carbocycles. The van der Waals surface area contributed by atoms with Crippen molar-refractivity contribution in [2.45, 2.75) is 18.9 Å². The van der Waals surface area contributed by atoms with Crippen molar-refractivity contribution in [1.82, 2.24) is 0 Å². The second kappa shape index (κ2) is 6.89. The number of carbonyl (C=O) groups excluding carboxylic acids is 1. The zero-order valence-corrected chi connectivity index (χ0v) is 12.1. The predicted molar refractivity (Wildman–Crippen MR) is 74.4 cm³/mol. The normalized spacial score (nSPS) is 13.1. The highest BCUT2D eigenvalue weighted by Gasteiger charge is 2.29. The van der Waals surface area contributed by atoms with E-state index < -0.39 is 16.4 Å². The van der Waals surface area contributed by atoms with Crippen LogP contribution in [0.3, 0.4) is 0 Å². The van der Waals surface area contributed by atoms with Crippen molar-refractivity contribution in [2.24, 2.45) is 5.73 Å². The van der Waals surface area contributed by atoms with Crippen molar-refractivity contribution in [3.8, 4) is 11.5 Å². The fourth-order valence-corrected chi connectivity index (χ4v) is 1.60. The van der Waals surface area contributed by atoms with Crippen LogP contribution in [-0.4, -0.2) is 37.3 Å². The van der Waals surface area contributed by atoms with E-state index in [9.17, 15) is 14.9 Å². The molecule has 0 aromatic heterocycles. The Kier molecular flexibility index (Phi) is 5.48. The van der Waals surface area contributed by atoms with E-state index in [-0.39, 0.29) is 24.5 Å². The van der Waals surface area contributed by atoms with Gasteiger partial charge in [0, 0.05) is 6.42 Å². The number of hydrogen-bond donors (Lipinski definition) is 1. The Hall–Kier alpha value is -2.35. The minimum absolute atomic E-state index is 0.0370. The van der Waals surface area contributed by atoms with E-state index in [4.69, 9.17) is 15.2 Å². The summed E-state index contributed by atoms with van der Waals surface area (Å²) in [7, 11) is 2.65. The van der Waals surface area contributed by atoms with E-state index in [0.717, 1.165) is 0 Å². The predicted octanol–water partition coefficient (Wildman–Crippen LogP) is 1.26. The first-order valence-corrected chi connectivity index (χ1v) is 6.14. The van der Waals surface area contributed by atoms with Crippen molar-refractivity contribution in [1.29, 1.82) is 0 Å². The third-order valence-corrected chi connectivity index (χ3v) is 2.89. The van der Waals surface area contributed by atoms with E-state index in [2.05, 4.69) is 4.74 Å². The quantitative estimate of drug-likeness (QED) is 0.458. The van der Waals surface area contributed by atoms with Crippen LogP contribution >= 0.6 is 0 Å². The van der Waals surface area contributed by atoms with Crippen LogP contribution in [0.4, 0.5) is 5.69 Å². The summed E-state index contributed by atoms with van der Waals surface area (Å²) in [6.45, 7) is 1.54. The van der Waals surface area contributed by atoms with Crippen LogP contribution in [0.25, 0.3) is 0 Å². The summed E-state index contributed by atoms with van der Waals surface area (Å²) < 4.78 is 14.8. The molecule has 0 aliphatic heterocycles. The Bertz CT molecular complexity index is 529. The van der Waals surface area contributed by atoms with E-state index >= 15 is 0 Å². The molecule has 0 saturated carbocycles. The average molecular weight is 298 g/mol. The van der Waals surface area contributed by atoms with E-state index in [1.165, 1.54) is 33.3 Å². The summed E-state index contributed by atoms with van der Waals surface area (Å²) in [6.07, 6.45) is 0.156. The molecule has 0 bridgehead atoms. The van der Waals surface area contributed by atoms with Crippen molar-refractivity contribution >= 4 is 11.7 Å². The van der Waals surface area contributed by atoms with Gasteiger partial charge in [-0.05, 0) is 19.1 Å². The molecule has 0 spiro atoms. The number of esters is 1. The first kappa shape index (κ1) is 16.7. The summed E-state index contributed by atoms with van der Waals surface area (Å²) >= 11 is 0. The van der Waals surface area contributed by atoms with Gasteiger partial charge in [0.05, 0.1) is 31.8 Å². The standard InChI is InChI=1S/C13H18N2O6/c1-13(14,12(16)20-3)6-7-21-11-5-4-9(19-2)8-10(11)15(17)18/h4-5,8H,6-7,14H2,1-3H3. The third-order valence-electron chi connectivity index (χ3n) is 2.89. The zero-order chi connectivity index (χ0) is 16.0. The Balaban J connectivity index is 2.76. The molecule has 0 saturated heterocycles. The largest absolute Gasteiger partial charge is 0.496 e. The second-order valence-corrected chi connectivity index (χ2v) is 4.60. The number of methoxy groups -OCH3 is 2. The summed E-state index contributed by atoms with van der Waals surface area (Å²) in [5.74, 6) is -0.135. The molecule has 1 aromatic rings. The van der Waals surface area contributed by atoms with Gasteiger partial charge >= 0.3 is 11.7 Å². The lowest BCUT2D eigenvalue weighted by molar-refractivity contribution is -0.385. The molecule has 21 heavy (non-hydrogen) atoms. The van der Waals surface area contributed by atoms with Gasteiger partial charge in [0.1, 0.15) is 11.3 Å². The Morgan fingerprint density at radius 3 is 2.62 bits per heavy atom. The van der Waals surface area contributed by atoms with Crippen LogP contribution in [0.2, 0.25) is 0 Å². The monoisotopic (exact) mass is 298 g/mol. The Morgan fingerprint density at radius 2 is 2.10 bits per heavy atom. The van der Waals surface area contributed by atoms with Gasteiger partial charge in [-0.15, -0.1) is 0 Å². The molecular formula is C13H18N2O6. The van der Waals surface area contributed by atoms with E-state index in [1.54, 1.807) is 6.07 Å². The van der Waals surface area contributed by atoms with Gasteiger partial charge in [-0.2, -0.15) is 0 Å². The fourth-order valence-electron chi connectivity index (χ4n) is 1.60. The molecular weight excluding hydrogens is 280 g/mol. The molecule has 0 fully saturated rings. The zero-order valence-electron chi connectivity index (χ0n) is 12.1. The SMILES string of the molecule is COC(=O)C(C)(N)CCOc1ccc(OC)cc1[N+](=O)[O-]. The van der Waals surface area contributed by atoms with Gasteiger partial charge in [-0.3, -0.25) is 14.9 Å². The van der Waals surface area contributed by atoms with Gasteiger partial charge in [-0.1, -0.05) is 0 Å². The number of hydrogen-bond acceptors (Lipinski definition) is 7. The lowest BCUT2D eigenvalue weighted by atomic mass is 10.0.